The smallest absolute Gasteiger partial charge is 0.240 e. The average Bonchev–Trinajstić information content (AvgIpc) is 2.99. The number of methoxy groups -OCH3 is 1. The molecule has 21 heavy (non-hydrogen) atoms. The number of hydrazine groups is 1. The Labute approximate surface area is 129 Å². The zero-order valence-electron chi connectivity index (χ0n) is 12.8. The molecule has 0 amide bonds. The van der Waals surface area contributed by atoms with Gasteiger partial charge >= 0.3 is 0 Å². The summed E-state index contributed by atoms with van der Waals surface area (Å²) in [4.78, 5) is 12.2. The summed E-state index contributed by atoms with van der Waals surface area (Å²) in [6.45, 7) is 5.86. The standard InChI is InChI=1S/C14H23N5OS/c1-4-10(5-2)19(7-8-20-3)12-11-6-9-21-13(11)17-14(16-12)18-15/h6,9-10H,4-5,7-8,15H2,1-3H3,(H,16,17,18). The molecule has 0 saturated heterocycles. The van der Waals surface area contributed by atoms with Crippen molar-refractivity contribution in [1.82, 2.24) is 9.97 Å². The highest BCUT2D eigenvalue weighted by atomic mass is 32.1. The lowest BCUT2D eigenvalue weighted by Crippen LogP contribution is -2.38. The number of rotatable bonds is 8. The monoisotopic (exact) mass is 309 g/mol. The van der Waals surface area contributed by atoms with E-state index in [9.17, 15) is 0 Å². The summed E-state index contributed by atoms with van der Waals surface area (Å²) < 4.78 is 5.26. The Morgan fingerprint density at radius 1 is 1.38 bits per heavy atom. The SMILES string of the molecule is CCC(CC)N(CCOC)c1nc(NN)nc2sccc12. The summed E-state index contributed by atoms with van der Waals surface area (Å²) in [5.74, 6) is 6.89. The first-order valence-electron chi connectivity index (χ1n) is 7.22. The second kappa shape index (κ2) is 7.53. The van der Waals surface area contributed by atoms with E-state index in [4.69, 9.17) is 10.6 Å². The molecule has 2 rings (SSSR count). The van der Waals surface area contributed by atoms with Gasteiger partial charge in [0, 0.05) is 19.7 Å². The van der Waals surface area contributed by atoms with Crippen LogP contribution in [0.3, 0.4) is 0 Å². The molecule has 0 aromatic carbocycles. The first-order valence-corrected chi connectivity index (χ1v) is 8.10. The molecule has 0 bridgehead atoms. The molecule has 7 heteroatoms. The normalized spacial score (nSPS) is 11.3. The quantitative estimate of drug-likeness (QED) is 0.576. The maximum Gasteiger partial charge on any atom is 0.240 e. The molecular weight excluding hydrogens is 286 g/mol. The minimum absolute atomic E-state index is 0.420. The van der Waals surface area contributed by atoms with E-state index in [-0.39, 0.29) is 0 Å². The van der Waals surface area contributed by atoms with Gasteiger partial charge in [-0.3, -0.25) is 5.43 Å². The molecule has 0 aliphatic rings. The Morgan fingerprint density at radius 2 is 2.14 bits per heavy atom. The molecular formula is C14H23N5OS. The Morgan fingerprint density at radius 3 is 2.76 bits per heavy atom. The highest BCUT2D eigenvalue weighted by molar-refractivity contribution is 7.16. The van der Waals surface area contributed by atoms with Crippen LogP contribution in [0.5, 0.6) is 0 Å². The van der Waals surface area contributed by atoms with Crippen molar-refractivity contribution in [2.75, 3.05) is 30.6 Å². The molecule has 0 aliphatic heterocycles. The van der Waals surface area contributed by atoms with Crippen molar-refractivity contribution >= 4 is 33.3 Å². The van der Waals surface area contributed by atoms with Crippen molar-refractivity contribution < 1.29 is 4.74 Å². The van der Waals surface area contributed by atoms with Gasteiger partial charge in [0.05, 0.1) is 12.0 Å². The summed E-state index contributed by atoms with van der Waals surface area (Å²) in [6.07, 6.45) is 2.11. The molecule has 0 spiro atoms. The predicted octanol–water partition coefficient (Wildman–Crippen LogP) is 2.62. The molecule has 2 aromatic heterocycles. The minimum atomic E-state index is 0.420. The Balaban J connectivity index is 2.48. The fraction of sp³-hybridized carbons (Fsp3) is 0.571. The third kappa shape index (κ3) is 3.42. The number of aromatic nitrogens is 2. The maximum absolute atomic E-state index is 5.51. The van der Waals surface area contributed by atoms with Gasteiger partial charge in [0.1, 0.15) is 10.6 Å². The van der Waals surface area contributed by atoms with Crippen LogP contribution in [0, 0.1) is 0 Å². The number of nitrogen functional groups attached to an aromatic ring is 1. The lowest BCUT2D eigenvalue weighted by molar-refractivity contribution is 0.202. The van der Waals surface area contributed by atoms with Crippen molar-refractivity contribution in [2.24, 2.45) is 5.84 Å². The number of anilines is 2. The van der Waals surface area contributed by atoms with E-state index in [1.165, 1.54) is 0 Å². The van der Waals surface area contributed by atoms with E-state index in [2.05, 4.69) is 40.2 Å². The predicted molar refractivity (Wildman–Crippen MR) is 88.8 cm³/mol. The zero-order valence-corrected chi connectivity index (χ0v) is 13.6. The topological polar surface area (TPSA) is 76.3 Å². The first-order chi connectivity index (χ1) is 10.2. The first kappa shape index (κ1) is 15.9. The summed E-state index contributed by atoms with van der Waals surface area (Å²) >= 11 is 1.59. The molecule has 0 radical (unpaired) electrons. The fourth-order valence-electron chi connectivity index (χ4n) is 2.50. The Kier molecular flexibility index (Phi) is 5.72. The molecule has 0 unspecified atom stereocenters. The van der Waals surface area contributed by atoms with Crippen molar-refractivity contribution in [3.8, 4) is 0 Å². The molecule has 0 saturated carbocycles. The molecule has 6 nitrogen and oxygen atoms in total. The summed E-state index contributed by atoms with van der Waals surface area (Å²) in [6, 6.07) is 2.49. The number of nitrogens with zero attached hydrogens (tertiary/aromatic N) is 3. The Hall–Kier alpha value is -1.44. The second-order valence-corrected chi connectivity index (χ2v) is 5.71. The molecule has 3 N–H and O–H groups in total. The summed E-state index contributed by atoms with van der Waals surface area (Å²) in [7, 11) is 1.72. The maximum atomic E-state index is 5.51. The van der Waals surface area contributed by atoms with Crippen LogP contribution in [0.4, 0.5) is 11.8 Å². The number of nitrogens with one attached hydrogen (secondary N) is 1. The van der Waals surface area contributed by atoms with E-state index in [1.807, 2.05) is 5.38 Å². The van der Waals surface area contributed by atoms with Gasteiger partial charge < -0.3 is 9.64 Å². The van der Waals surface area contributed by atoms with Gasteiger partial charge in [-0.25, -0.2) is 10.8 Å². The van der Waals surface area contributed by atoms with Gasteiger partial charge in [-0.15, -0.1) is 11.3 Å². The van der Waals surface area contributed by atoms with Gasteiger partial charge in [-0.1, -0.05) is 13.8 Å². The van der Waals surface area contributed by atoms with Crippen LogP contribution < -0.4 is 16.2 Å². The third-order valence-corrected chi connectivity index (χ3v) is 4.43. The van der Waals surface area contributed by atoms with Gasteiger partial charge in [-0.05, 0) is 24.3 Å². The molecule has 0 aliphatic carbocycles. The van der Waals surface area contributed by atoms with Crippen molar-refractivity contribution in [3.05, 3.63) is 11.4 Å². The van der Waals surface area contributed by atoms with Gasteiger partial charge in [0.15, 0.2) is 0 Å². The number of hydrogen-bond acceptors (Lipinski definition) is 7. The van der Waals surface area contributed by atoms with Gasteiger partial charge in [0.25, 0.3) is 0 Å². The van der Waals surface area contributed by atoms with Crippen LogP contribution in [0.1, 0.15) is 26.7 Å². The summed E-state index contributed by atoms with van der Waals surface area (Å²) in [5.41, 5.74) is 2.56. The van der Waals surface area contributed by atoms with E-state index < -0.39 is 0 Å². The van der Waals surface area contributed by atoms with Crippen molar-refractivity contribution in [3.63, 3.8) is 0 Å². The fourth-order valence-corrected chi connectivity index (χ4v) is 3.26. The Bertz CT molecular complexity index is 569. The largest absolute Gasteiger partial charge is 0.383 e. The van der Waals surface area contributed by atoms with Crippen LogP contribution >= 0.6 is 11.3 Å². The summed E-state index contributed by atoms with van der Waals surface area (Å²) in [5, 5.41) is 3.10. The van der Waals surface area contributed by atoms with E-state index in [0.717, 1.165) is 35.4 Å². The second-order valence-electron chi connectivity index (χ2n) is 4.81. The van der Waals surface area contributed by atoms with E-state index in [1.54, 1.807) is 18.4 Å². The lowest BCUT2D eigenvalue weighted by Gasteiger charge is -2.32. The number of nitrogens with two attached hydrogens (primary N) is 1. The van der Waals surface area contributed by atoms with Gasteiger partial charge in [0.2, 0.25) is 5.95 Å². The third-order valence-electron chi connectivity index (χ3n) is 3.63. The lowest BCUT2D eigenvalue weighted by atomic mass is 10.1. The molecule has 0 fully saturated rings. The highest BCUT2D eigenvalue weighted by Crippen LogP contribution is 2.31. The van der Waals surface area contributed by atoms with Crippen molar-refractivity contribution in [2.45, 2.75) is 32.7 Å². The van der Waals surface area contributed by atoms with E-state index in [0.29, 0.717) is 18.6 Å². The minimum Gasteiger partial charge on any atom is -0.383 e. The number of ether oxygens (including phenoxy) is 1. The van der Waals surface area contributed by atoms with Crippen LogP contribution in [-0.4, -0.2) is 36.3 Å². The van der Waals surface area contributed by atoms with Gasteiger partial charge in [-0.2, -0.15) is 4.98 Å². The number of fused-ring (bicyclic) bond motifs is 1. The van der Waals surface area contributed by atoms with Crippen LogP contribution in [0.2, 0.25) is 0 Å². The molecule has 0 atom stereocenters. The van der Waals surface area contributed by atoms with Crippen LogP contribution in [-0.2, 0) is 4.74 Å². The van der Waals surface area contributed by atoms with Crippen LogP contribution in [0.15, 0.2) is 11.4 Å². The van der Waals surface area contributed by atoms with Crippen molar-refractivity contribution in [1.29, 1.82) is 0 Å². The molecule has 2 aromatic rings. The molecule has 116 valence electrons. The average molecular weight is 309 g/mol. The number of thiophene rings is 1. The zero-order chi connectivity index (χ0) is 15.2. The number of hydrogen-bond donors (Lipinski definition) is 2. The highest BCUT2D eigenvalue weighted by Gasteiger charge is 2.21. The molecule has 2 heterocycles. The van der Waals surface area contributed by atoms with E-state index >= 15 is 0 Å². The van der Waals surface area contributed by atoms with Crippen LogP contribution in [0.25, 0.3) is 10.2 Å².